The fourth-order valence-electron chi connectivity index (χ4n) is 3.22. The van der Waals surface area contributed by atoms with Gasteiger partial charge in [-0.2, -0.15) is 0 Å². The first-order valence-corrected chi connectivity index (χ1v) is 9.80. The predicted molar refractivity (Wildman–Crippen MR) is 114 cm³/mol. The van der Waals surface area contributed by atoms with Gasteiger partial charge in [-0.05, 0) is 37.1 Å². The number of imidazole rings is 1. The first-order valence-electron chi connectivity index (χ1n) is 9.80. The number of aromatic nitrogens is 2. The van der Waals surface area contributed by atoms with E-state index in [0.717, 1.165) is 11.0 Å². The molecule has 0 fully saturated rings. The van der Waals surface area contributed by atoms with Gasteiger partial charge in [-0.1, -0.05) is 32.0 Å². The van der Waals surface area contributed by atoms with Crippen molar-refractivity contribution >= 4 is 22.7 Å². The molecular formula is C23H27FN4O. The summed E-state index contributed by atoms with van der Waals surface area (Å²) in [5.41, 5.74) is 3.22. The Morgan fingerprint density at radius 2 is 1.93 bits per heavy atom. The van der Waals surface area contributed by atoms with Gasteiger partial charge in [-0.25, -0.2) is 9.37 Å². The molecule has 2 aromatic carbocycles. The molecule has 0 aliphatic carbocycles. The zero-order valence-electron chi connectivity index (χ0n) is 17.3. The number of rotatable bonds is 7. The van der Waals surface area contributed by atoms with Crippen molar-refractivity contribution < 1.29 is 9.18 Å². The van der Waals surface area contributed by atoms with Crippen molar-refractivity contribution in [1.29, 1.82) is 5.41 Å². The lowest BCUT2D eigenvalue weighted by Gasteiger charge is -2.26. The number of nitrogens with one attached hydrogen (secondary N) is 1. The molecule has 3 aromatic rings. The minimum atomic E-state index is -0.412. The molecule has 0 aliphatic rings. The smallest absolute Gasteiger partial charge is 0.253 e. The predicted octanol–water partition coefficient (Wildman–Crippen LogP) is 4.75. The second-order valence-electron chi connectivity index (χ2n) is 7.82. The first kappa shape index (κ1) is 20.7. The van der Waals surface area contributed by atoms with Gasteiger partial charge in [0.1, 0.15) is 5.82 Å². The van der Waals surface area contributed by atoms with Crippen molar-refractivity contribution in [2.45, 2.75) is 39.8 Å². The molecule has 0 unspecified atom stereocenters. The van der Waals surface area contributed by atoms with Crippen LogP contribution in [0.3, 0.4) is 0 Å². The van der Waals surface area contributed by atoms with Crippen LogP contribution < -0.4 is 0 Å². The number of amides is 1. The van der Waals surface area contributed by atoms with Crippen LogP contribution >= 0.6 is 0 Å². The molecule has 0 radical (unpaired) electrons. The molecule has 1 aromatic heterocycles. The van der Waals surface area contributed by atoms with Gasteiger partial charge in [0.25, 0.3) is 5.91 Å². The molecule has 0 bridgehead atoms. The average molecular weight is 394 g/mol. The molecule has 0 saturated heterocycles. The summed E-state index contributed by atoms with van der Waals surface area (Å²) in [6.07, 6.45) is 2.20. The van der Waals surface area contributed by atoms with Gasteiger partial charge >= 0.3 is 0 Å². The quantitative estimate of drug-likeness (QED) is 0.588. The number of hydrogen-bond acceptors (Lipinski definition) is 3. The highest BCUT2D eigenvalue weighted by molar-refractivity contribution is 5.95. The third kappa shape index (κ3) is 4.53. The molecule has 1 N–H and O–H groups in total. The average Bonchev–Trinajstić information content (AvgIpc) is 3.11. The lowest BCUT2D eigenvalue weighted by atomic mass is 10.0. The van der Waals surface area contributed by atoms with Gasteiger partial charge in [0.15, 0.2) is 0 Å². The molecular weight excluding hydrogens is 367 g/mol. The van der Waals surface area contributed by atoms with E-state index in [9.17, 15) is 9.18 Å². The van der Waals surface area contributed by atoms with Crippen molar-refractivity contribution in [3.63, 3.8) is 0 Å². The van der Waals surface area contributed by atoms with E-state index >= 15 is 0 Å². The van der Waals surface area contributed by atoms with Crippen LogP contribution in [0.5, 0.6) is 0 Å². The molecule has 29 heavy (non-hydrogen) atoms. The molecule has 0 aliphatic heterocycles. The second-order valence-corrected chi connectivity index (χ2v) is 7.82. The highest BCUT2D eigenvalue weighted by atomic mass is 19.1. The number of hydrogen-bond donors (Lipinski definition) is 1. The van der Waals surface area contributed by atoms with Crippen LogP contribution in [0.15, 0.2) is 48.8 Å². The van der Waals surface area contributed by atoms with Crippen molar-refractivity contribution in [2.75, 3.05) is 7.05 Å². The van der Waals surface area contributed by atoms with Crippen LogP contribution in [-0.2, 0) is 6.54 Å². The summed E-state index contributed by atoms with van der Waals surface area (Å²) in [4.78, 5) is 18.7. The summed E-state index contributed by atoms with van der Waals surface area (Å²) in [5, 5.41) is 8.02. The van der Waals surface area contributed by atoms with E-state index in [1.165, 1.54) is 6.07 Å². The third-order valence-corrected chi connectivity index (χ3v) is 5.36. The Bertz CT molecular complexity index is 1040. The normalized spacial score (nSPS) is 12.3. The molecule has 6 heteroatoms. The minimum Gasteiger partial charge on any atom is -0.339 e. The molecule has 0 saturated carbocycles. The van der Waals surface area contributed by atoms with Crippen molar-refractivity contribution in [1.82, 2.24) is 14.5 Å². The van der Waals surface area contributed by atoms with Gasteiger partial charge in [0.2, 0.25) is 0 Å². The van der Waals surface area contributed by atoms with E-state index in [1.54, 1.807) is 30.4 Å². The molecule has 5 nitrogen and oxygen atoms in total. The summed E-state index contributed by atoms with van der Waals surface area (Å²) in [5.74, 6) is -0.505. The lowest BCUT2D eigenvalue weighted by Crippen LogP contribution is -2.37. The van der Waals surface area contributed by atoms with Gasteiger partial charge in [0, 0.05) is 36.3 Å². The third-order valence-electron chi connectivity index (χ3n) is 5.36. The zero-order valence-corrected chi connectivity index (χ0v) is 17.3. The Labute approximate surface area is 170 Å². The largest absolute Gasteiger partial charge is 0.339 e. The number of benzene rings is 2. The molecule has 1 amide bonds. The Morgan fingerprint density at radius 1 is 1.21 bits per heavy atom. The maximum absolute atomic E-state index is 14.7. The highest BCUT2D eigenvalue weighted by Gasteiger charge is 2.20. The Balaban J connectivity index is 1.74. The topological polar surface area (TPSA) is 62.0 Å². The monoisotopic (exact) mass is 394 g/mol. The van der Waals surface area contributed by atoms with Crippen molar-refractivity contribution in [3.8, 4) is 0 Å². The standard InChI is InChI=1S/C23H27FN4O/c1-15(2)20(25)11-16(3)27(4)23(29)17-9-10-18(19(24)12-17)13-28-14-26-21-7-5-6-8-22(21)28/h5-10,12,14-16,25H,11,13H2,1-4H3/t16-/m1/s1. The van der Waals surface area contributed by atoms with E-state index in [2.05, 4.69) is 4.98 Å². The van der Waals surface area contributed by atoms with Crippen LogP contribution in [0.2, 0.25) is 0 Å². The van der Waals surface area contributed by atoms with Gasteiger partial charge in [-0.3, -0.25) is 4.79 Å². The van der Waals surface area contributed by atoms with Crippen molar-refractivity contribution in [3.05, 3.63) is 65.7 Å². The highest BCUT2D eigenvalue weighted by Crippen LogP contribution is 2.18. The van der Waals surface area contributed by atoms with E-state index < -0.39 is 5.82 Å². The van der Waals surface area contributed by atoms with E-state index in [4.69, 9.17) is 5.41 Å². The van der Waals surface area contributed by atoms with Crippen molar-refractivity contribution in [2.24, 2.45) is 5.92 Å². The molecule has 3 rings (SSSR count). The Kier molecular flexibility index (Phi) is 6.11. The fourth-order valence-corrected chi connectivity index (χ4v) is 3.22. The first-order chi connectivity index (χ1) is 13.8. The molecule has 0 spiro atoms. The fraction of sp³-hybridized carbons (Fsp3) is 0.348. The summed E-state index contributed by atoms with van der Waals surface area (Å²) in [6, 6.07) is 12.2. The van der Waals surface area contributed by atoms with Crippen LogP contribution in [0, 0.1) is 17.1 Å². The van der Waals surface area contributed by atoms with Gasteiger partial charge in [-0.15, -0.1) is 0 Å². The Hall–Kier alpha value is -3.02. The van der Waals surface area contributed by atoms with E-state index in [1.807, 2.05) is 49.6 Å². The summed E-state index contributed by atoms with van der Waals surface area (Å²) in [7, 11) is 1.70. The maximum Gasteiger partial charge on any atom is 0.253 e. The van der Waals surface area contributed by atoms with Gasteiger partial charge < -0.3 is 14.9 Å². The summed E-state index contributed by atoms with van der Waals surface area (Å²) < 4.78 is 16.6. The van der Waals surface area contributed by atoms with Crippen LogP contribution in [0.4, 0.5) is 4.39 Å². The SMILES string of the molecule is CC(C)C(=N)C[C@@H](C)N(C)C(=O)c1ccc(Cn2cnc3ccccc32)c(F)c1. The number of carbonyl (C=O) groups excluding carboxylic acids is 1. The van der Waals surface area contributed by atoms with Crippen LogP contribution in [0.25, 0.3) is 11.0 Å². The minimum absolute atomic E-state index is 0.127. The van der Waals surface area contributed by atoms with E-state index in [-0.39, 0.29) is 17.9 Å². The van der Waals surface area contributed by atoms with Gasteiger partial charge in [0.05, 0.1) is 23.9 Å². The molecule has 1 atom stereocenters. The number of nitrogens with zero attached hydrogens (tertiary/aromatic N) is 3. The van der Waals surface area contributed by atoms with Crippen LogP contribution in [0.1, 0.15) is 43.1 Å². The number of carbonyl (C=O) groups is 1. The van der Waals surface area contributed by atoms with Crippen LogP contribution in [-0.4, -0.2) is 39.2 Å². The Morgan fingerprint density at radius 3 is 2.62 bits per heavy atom. The number of halogens is 1. The summed E-state index contributed by atoms with van der Waals surface area (Å²) in [6.45, 7) is 6.19. The summed E-state index contributed by atoms with van der Waals surface area (Å²) >= 11 is 0. The second kappa shape index (κ2) is 8.55. The maximum atomic E-state index is 14.7. The molecule has 1 heterocycles. The number of para-hydroxylation sites is 2. The number of fused-ring (bicyclic) bond motifs is 1. The zero-order chi connectivity index (χ0) is 21.1. The molecule has 152 valence electrons. The lowest BCUT2D eigenvalue weighted by molar-refractivity contribution is 0.0746. The van der Waals surface area contributed by atoms with E-state index in [0.29, 0.717) is 29.8 Å².